The molecule has 0 unspecified atom stereocenters. The van der Waals surface area contributed by atoms with Gasteiger partial charge in [0.05, 0.1) is 17.8 Å². The van der Waals surface area contributed by atoms with Gasteiger partial charge in [-0.2, -0.15) is 5.26 Å². The Bertz CT molecular complexity index is 643. The van der Waals surface area contributed by atoms with Gasteiger partial charge in [-0.3, -0.25) is 0 Å². The molecule has 0 saturated heterocycles. The highest BCUT2D eigenvalue weighted by Gasteiger charge is 2.19. The van der Waals surface area contributed by atoms with Crippen LogP contribution in [0.15, 0.2) is 24.5 Å². The van der Waals surface area contributed by atoms with Crippen molar-refractivity contribution in [2.24, 2.45) is 0 Å². The van der Waals surface area contributed by atoms with E-state index in [2.05, 4.69) is 41.7 Å². The molecule has 2 aromatic rings. The molecule has 6 heteroatoms. The van der Waals surface area contributed by atoms with Crippen LogP contribution in [0.5, 0.6) is 0 Å². The zero-order chi connectivity index (χ0) is 13.2. The fourth-order valence-electron chi connectivity index (χ4n) is 2.30. The molecule has 0 saturated carbocycles. The molecule has 3 rings (SSSR count). The van der Waals surface area contributed by atoms with Crippen LogP contribution in [-0.4, -0.2) is 21.3 Å². The zero-order valence-electron chi connectivity index (χ0n) is 10.3. The van der Waals surface area contributed by atoms with Gasteiger partial charge < -0.3 is 9.47 Å². The minimum absolute atomic E-state index is 0.697. The summed E-state index contributed by atoms with van der Waals surface area (Å²) in [7, 11) is 0. The van der Waals surface area contributed by atoms with Gasteiger partial charge in [0.1, 0.15) is 12.4 Å². The molecule has 1 aliphatic rings. The van der Waals surface area contributed by atoms with E-state index in [-0.39, 0.29) is 0 Å². The first-order chi connectivity index (χ1) is 9.31. The van der Waals surface area contributed by atoms with Crippen molar-refractivity contribution in [1.82, 2.24) is 14.8 Å². The van der Waals surface area contributed by atoms with Crippen LogP contribution in [0, 0.1) is 11.3 Å². The van der Waals surface area contributed by atoms with E-state index >= 15 is 0 Å². The van der Waals surface area contributed by atoms with Gasteiger partial charge in [0.15, 0.2) is 5.82 Å². The molecule has 0 bridgehead atoms. The second-order valence-electron chi connectivity index (χ2n) is 4.46. The predicted octanol–water partition coefficient (Wildman–Crippen LogP) is 2.06. The monoisotopic (exact) mass is 317 g/mol. The Morgan fingerprint density at radius 3 is 3.05 bits per heavy atom. The number of aromatic nitrogens is 3. The topological polar surface area (TPSA) is 57.7 Å². The molecule has 0 amide bonds. The van der Waals surface area contributed by atoms with Crippen LogP contribution in [0.3, 0.4) is 0 Å². The lowest BCUT2D eigenvalue weighted by Gasteiger charge is -2.29. The molecule has 0 spiro atoms. The summed E-state index contributed by atoms with van der Waals surface area (Å²) in [4.78, 5) is 2.18. The average Bonchev–Trinajstić information content (AvgIpc) is 2.93. The lowest BCUT2D eigenvalue weighted by atomic mass is 10.1. The van der Waals surface area contributed by atoms with Crippen LogP contribution in [0.4, 0.5) is 5.69 Å². The number of alkyl halides is 1. The molecule has 0 aliphatic carbocycles. The summed E-state index contributed by atoms with van der Waals surface area (Å²) in [6.07, 6.45) is 1.76. The summed E-state index contributed by atoms with van der Waals surface area (Å²) < 4.78 is 2.05. The van der Waals surface area contributed by atoms with E-state index in [9.17, 15) is 5.26 Å². The number of anilines is 1. The Labute approximate surface area is 119 Å². The van der Waals surface area contributed by atoms with Crippen molar-refractivity contribution < 1.29 is 0 Å². The second kappa shape index (κ2) is 5.02. The SMILES string of the molecule is N#Cc1cc(CBr)ccc1N1CCn2cnnc2C1. The van der Waals surface area contributed by atoms with E-state index in [0.29, 0.717) is 12.1 Å². The van der Waals surface area contributed by atoms with Crippen LogP contribution in [-0.2, 0) is 18.4 Å². The van der Waals surface area contributed by atoms with Gasteiger partial charge in [0.2, 0.25) is 0 Å². The molecular formula is C13H12BrN5. The summed E-state index contributed by atoms with van der Waals surface area (Å²) in [5.74, 6) is 0.944. The largest absolute Gasteiger partial charge is 0.361 e. The molecule has 19 heavy (non-hydrogen) atoms. The molecule has 5 nitrogen and oxygen atoms in total. The maximum atomic E-state index is 9.30. The first-order valence-corrected chi connectivity index (χ1v) is 7.14. The Kier molecular flexibility index (Phi) is 3.22. The molecule has 0 atom stereocenters. The number of hydrogen-bond acceptors (Lipinski definition) is 4. The van der Waals surface area contributed by atoms with Crippen molar-refractivity contribution in [3.8, 4) is 6.07 Å². The van der Waals surface area contributed by atoms with Gasteiger partial charge in [-0.25, -0.2) is 0 Å². The average molecular weight is 318 g/mol. The van der Waals surface area contributed by atoms with Gasteiger partial charge in [0, 0.05) is 18.4 Å². The standard InChI is InChI=1S/C13H12BrN5/c14-6-10-1-2-12(11(5-10)7-15)18-3-4-19-9-16-17-13(19)8-18/h1-2,5,9H,3-4,6,8H2. The first kappa shape index (κ1) is 12.2. The minimum Gasteiger partial charge on any atom is -0.361 e. The van der Waals surface area contributed by atoms with E-state index in [4.69, 9.17) is 0 Å². The third-order valence-corrected chi connectivity index (χ3v) is 3.96. The van der Waals surface area contributed by atoms with Crippen molar-refractivity contribution in [3.63, 3.8) is 0 Å². The van der Waals surface area contributed by atoms with E-state index < -0.39 is 0 Å². The number of rotatable bonds is 2. The van der Waals surface area contributed by atoms with Gasteiger partial charge in [-0.1, -0.05) is 22.0 Å². The number of hydrogen-bond donors (Lipinski definition) is 0. The number of nitrogens with zero attached hydrogens (tertiary/aromatic N) is 5. The minimum atomic E-state index is 0.697. The van der Waals surface area contributed by atoms with Gasteiger partial charge in [-0.15, -0.1) is 10.2 Å². The summed E-state index contributed by atoms with van der Waals surface area (Å²) in [5, 5.41) is 18.1. The number of fused-ring (bicyclic) bond motifs is 1. The Morgan fingerprint density at radius 2 is 2.26 bits per heavy atom. The fraction of sp³-hybridized carbons (Fsp3) is 0.308. The van der Waals surface area contributed by atoms with E-state index in [1.165, 1.54) is 0 Å². The van der Waals surface area contributed by atoms with Gasteiger partial charge in [0.25, 0.3) is 0 Å². The Morgan fingerprint density at radius 1 is 1.37 bits per heavy atom. The molecule has 2 heterocycles. The maximum absolute atomic E-state index is 9.30. The molecule has 1 aromatic carbocycles. The normalized spacial score (nSPS) is 14.0. The number of benzene rings is 1. The molecule has 0 radical (unpaired) electrons. The van der Waals surface area contributed by atoms with E-state index in [1.807, 2.05) is 18.2 Å². The Hall–Kier alpha value is -1.87. The number of nitriles is 1. The third-order valence-electron chi connectivity index (χ3n) is 3.32. The zero-order valence-corrected chi connectivity index (χ0v) is 11.8. The summed E-state index contributed by atoms with van der Waals surface area (Å²) in [5.41, 5.74) is 2.80. The molecular weight excluding hydrogens is 306 g/mol. The first-order valence-electron chi connectivity index (χ1n) is 6.02. The van der Waals surface area contributed by atoms with Gasteiger partial charge >= 0.3 is 0 Å². The highest BCUT2D eigenvalue weighted by atomic mass is 79.9. The second-order valence-corrected chi connectivity index (χ2v) is 5.02. The lowest BCUT2D eigenvalue weighted by Crippen LogP contribution is -2.34. The summed E-state index contributed by atoms with van der Waals surface area (Å²) >= 11 is 3.41. The van der Waals surface area contributed by atoms with Crippen molar-refractivity contribution in [2.75, 3.05) is 11.4 Å². The fourth-order valence-corrected chi connectivity index (χ4v) is 2.65. The third kappa shape index (κ3) is 2.22. The van der Waals surface area contributed by atoms with Crippen molar-refractivity contribution in [2.45, 2.75) is 18.4 Å². The summed E-state index contributed by atoms with van der Waals surface area (Å²) in [6.45, 7) is 2.42. The molecule has 0 N–H and O–H groups in total. The highest BCUT2D eigenvalue weighted by Crippen LogP contribution is 2.25. The predicted molar refractivity (Wildman–Crippen MR) is 74.9 cm³/mol. The maximum Gasteiger partial charge on any atom is 0.152 e. The summed E-state index contributed by atoms with van der Waals surface area (Å²) in [6, 6.07) is 8.27. The van der Waals surface area contributed by atoms with Crippen LogP contribution < -0.4 is 4.90 Å². The van der Waals surface area contributed by atoms with E-state index in [0.717, 1.165) is 35.5 Å². The van der Waals surface area contributed by atoms with Crippen LogP contribution >= 0.6 is 15.9 Å². The highest BCUT2D eigenvalue weighted by molar-refractivity contribution is 9.08. The van der Waals surface area contributed by atoms with Gasteiger partial charge in [-0.05, 0) is 17.7 Å². The smallest absolute Gasteiger partial charge is 0.152 e. The van der Waals surface area contributed by atoms with Crippen LogP contribution in [0.25, 0.3) is 0 Å². The quantitative estimate of drug-likeness (QED) is 0.796. The molecule has 1 aliphatic heterocycles. The van der Waals surface area contributed by atoms with Crippen molar-refractivity contribution in [1.29, 1.82) is 5.26 Å². The number of halogens is 1. The van der Waals surface area contributed by atoms with Crippen molar-refractivity contribution >= 4 is 21.6 Å². The Balaban J connectivity index is 1.94. The molecule has 0 fully saturated rings. The van der Waals surface area contributed by atoms with Crippen LogP contribution in [0.2, 0.25) is 0 Å². The molecule has 96 valence electrons. The van der Waals surface area contributed by atoms with Crippen LogP contribution in [0.1, 0.15) is 17.0 Å². The lowest BCUT2D eigenvalue weighted by molar-refractivity contribution is 0.560. The molecule has 1 aromatic heterocycles. The van der Waals surface area contributed by atoms with Crippen molar-refractivity contribution in [3.05, 3.63) is 41.5 Å². The van der Waals surface area contributed by atoms with E-state index in [1.54, 1.807) is 6.33 Å².